The molecule has 0 unspecified atom stereocenters. The lowest BCUT2D eigenvalue weighted by Gasteiger charge is -2.27. The van der Waals surface area contributed by atoms with Gasteiger partial charge in [0.25, 0.3) is 0 Å². The van der Waals surface area contributed by atoms with E-state index in [-0.39, 0.29) is 68.5 Å². The molecule has 1 aliphatic rings. The Kier molecular flexibility index (Phi) is 39.8. The van der Waals surface area contributed by atoms with Gasteiger partial charge in [0.1, 0.15) is 61.0 Å². The molecule has 1 aromatic carbocycles. The maximum absolute atomic E-state index is 14.3. The lowest BCUT2D eigenvalue weighted by molar-refractivity contribution is -0.142. The Morgan fingerprint density at radius 1 is 0.524 bits per heavy atom. The number of aliphatic carboxylic acids is 5. The number of hydrogen-bond donors (Lipinski definition) is 18. The summed E-state index contributed by atoms with van der Waals surface area (Å²) in [5.41, 5.74) is 6.39. The molecule has 19 N–H and O–H groups in total. The summed E-state index contributed by atoms with van der Waals surface area (Å²) >= 11 is 1.21. The maximum Gasteiger partial charge on any atom is 0.303 e. The van der Waals surface area contributed by atoms with Gasteiger partial charge in [0, 0.05) is 70.0 Å². The Morgan fingerprint density at radius 3 is 1.42 bits per heavy atom. The van der Waals surface area contributed by atoms with Gasteiger partial charge < -0.3 is 105 Å². The van der Waals surface area contributed by atoms with Crippen LogP contribution in [0, 0.1) is 5.92 Å². The van der Waals surface area contributed by atoms with Crippen LogP contribution in [0.15, 0.2) is 24.3 Å². The summed E-state index contributed by atoms with van der Waals surface area (Å²) in [6.45, 7) is 4.08. The third kappa shape index (κ3) is 34.7. The standard InChI is InChI=1S/C63H94N14O25S/c1-32(2)26-42(57(95)68-29-47(80)70-44(31-103-6)62(100)69-33(3)54(92)67-28-46(79)65-5)76-63(101)45-8-7-24-77(45)48(81)30-102-25-23-66-56(94)43(27-35-9-11-36(12-10-35)34(4)78)75-61(99)41(17-22-53(90)91)74-60(98)40(16-21-52(88)89)73-59(97)39(15-20-51(86)87)72-58(96)38(14-19-50(84)85)71-55(93)37(64)13-18-49(82)83/h9-12,32-33,37-45H,7-8,13-31,64H2,1-6H3,(H,65,79)(H,66,94)(H,67,92)(H,68,95)(H,69,100)(H,70,80)(H,71,93)(H,72,96)(H,73,97)(H,74,98)(H,75,99)(H,76,101)(H,82,83)(H,84,85)(H,86,87)(H,88,89)(H,90,91)/t33-,37+,38+,39+,40+,41+,42-,43-,44-,45-/m0/s1. The molecule has 1 aliphatic heterocycles. The highest BCUT2D eigenvalue weighted by molar-refractivity contribution is 7.98. The van der Waals surface area contributed by atoms with Crippen molar-refractivity contribution in [2.45, 2.75) is 178 Å². The Hall–Kier alpha value is -10.4. The van der Waals surface area contributed by atoms with Crippen LogP contribution in [0.3, 0.4) is 0 Å². The lowest BCUT2D eigenvalue weighted by Crippen LogP contribution is -2.59. The predicted molar refractivity (Wildman–Crippen MR) is 360 cm³/mol. The first-order valence-electron chi connectivity index (χ1n) is 32.7. The molecule has 1 aromatic rings. The van der Waals surface area contributed by atoms with E-state index >= 15 is 0 Å². The van der Waals surface area contributed by atoms with E-state index < -0.39 is 244 Å². The monoisotopic (exact) mass is 1480 g/mol. The van der Waals surface area contributed by atoms with Crippen LogP contribution in [0.1, 0.15) is 127 Å². The van der Waals surface area contributed by atoms with Crippen molar-refractivity contribution >= 4 is 124 Å². The summed E-state index contributed by atoms with van der Waals surface area (Å²) in [5.74, 6) is -19.6. The number of Topliss-reactive ketones (excluding diaryl/α,β-unsaturated/α-hetero) is 1. The number of ketones is 1. The molecule has 39 nitrogen and oxygen atoms in total. The second-order valence-electron chi connectivity index (χ2n) is 24.2. The number of thioether (sulfide) groups is 1. The third-order valence-electron chi connectivity index (χ3n) is 15.4. The van der Waals surface area contributed by atoms with Gasteiger partial charge in [-0.1, -0.05) is 38.1 Å². The molecule has 0 radical (unpaired) electrons. The van der Waals surface area contributed by atoms with Crippen molar-refractivity contribution < 1.29 is 121 Å². The van der Waals surface area contributed by atoms with Gasteiger partial charge in [-0.2, -0.15) is 11.8 Å². The molecular weight excluding hydrogens is 1380 g/mol. The molecule has 10 atom stereocenters. The SMILES string of the molecule is CNC(=O)CNC(=O)[C@H](C)NC(=O)[C@H](CSC)NC(=O)CNC(=O)[C@H](CC(C)C)NC(=O)[C@@H]1CCCN1C(=O)COCCNC(=O)[C@H](Cc1ccc(C(C)=O)cc1)NC(=O)[C@@H](CCC(=O)O)NC(=O)[C@@H](CCC(=O)O)NC(=O)[C@@H](CCC(=O)O)NC(=O)[C@@H](CCC(=O)O)NC(=O)[C@H](N)CCC(=O)O. The fraction of sp³-hybridized carbons (Fsp3) is 0.603. The average molecular weight is 1480 g/mol. The minimum absolute atomic E-state index is 0.0771. The van der Waals surface area contributed by atoms with E-state index in [0.29, 0.717) is 12.0 Å². The van der Waals surface area contributed by atoms with Crippen LogP contribution in [-0.4, -0.2) is 262 Å². The number of carbonyl (C=O) groups excluding carboxylic acids is 14. The summed E-state index contributed by atoms with van der Waals surface area (Å²) in [7, 11) is 1.38. The predicted octanol–water partition coefficient (Wildman–Crippen LogP) is -5.51. The Morgan fingerprint density at radius 2 is 0.961 bits per heavy atom. The molecule has 0 bridgehead atoms. The number of carbonyl (C=O) groups is 19. The number of nitrogens with one attached hydrogen (secondary N) is 12. The summed E-state index contributed by atoms with van der Waals surface area (Å²) < 4.78 is 5.59. The van der Waals surface area contributed by atoms with E-state index in [0.717, 1.165) is 0 Å². The molecular formula is C63H94N14O25S. The van der Waals surface area contributed by atoms with Gasteiger partial charge in [0.2, 0.25) is 76.8 Å². The molecule has 0 saturated carbocycles. The van der Waals surface area contributed by atoms with Crippen molar-refractivity contribution in [3.8, 4) is 0 Å². The number of benzene rings is 1. The van der Waals surface area contributed by atoms with Crippen molar-refractivity contribution in [1.82, 2.24) is 68.7 Å². The summed E-state index contributed by atoms with van der Waals surface area (Å²) in [4.78, 5) is 245. The van der Waals surface area contributed by atoms with E-state index in [1.807, 2.05) is 0 Å². The van der Waals surface area contributed by atoms with Gasteiger partial charge in [-0.25, -0.2) is 0 Å². The number of likely N-dealkylation sites (N-methyl/N-ethyl adjacent to an activating group) is 1. The molecule has 2 rings (SSSR count). The van der Waals surface area contributed by atoms with E-state index in [4.69, 9.17) is 15.6 Å². The first-order valence-corrected chi connectivity index (χ1v) is 34.1. The van der Waals surface area contributed by atoms with E-state index in [1.54, 1.807) is 20.1 Å². The normalized spacial score (nSPS) is 15.0. The smallest absolute Gasteiger partial charge is 0.303 e. The number of amides is 13. The van der Waals surface area contributed by atoms with Crippen LogP contribution in [0.5, 0.6) is 0 Å². The number of likely N-dealkylation sites (tertiary alicyclic amines) is 1. The fourth-order valence-corrected chi connectivity index (χ4v) is 10.4. The molecule has 572 valence electrons. The largest absolute Gasteiger partial charge is 0.481 e. The summed E-state index contributed by atoms with van der Waals surface area (Å²) in [6, 6.07) is -9.36. The van der Waals surface area contributed by atoms with Crippen LogP contribution >= 0.6 is 11.8 Å². The van der Waals surface area contributed by atoms with Crippen molar-refractivity contribution in [2.24, 2.45) is 11.7 Å². The quantitative estimate of drug-likeness (QED) is 0.0214. The van der Waals surface area contributed by atoms with Gasteiger partial charge in [0.05, 0.1) is 25.7 Å². The second-order valence-corrected chi connectivity index (χ2v) is 25.1. The molecule has 1 heterocycles. The highest BCUT2D eigenvalue weighted by Gasteiger charge is 2.38. The molecule has 1 saturated heterocycles. The van der Waals surface area contributed by atoms with Crippen LogP contribution in [0.2, 0.25) is 0 Å². The lowest BCUT2D eigenvalue weighted by atomic mass is 10.0. The van der Waals surface area contributed by atoms with Crippen LogP contribution in [-0.2, 0) is 97.5 Å². The summed E-state index contributed by atoms with van der Waals surface area (Å²) in [5, 5.41) is 75.7. The Balaban J connectivity index is 2.30. The minimum atomic E-state index is -1.96. The molecule has 1 fully saturated rings. The number of nitrogens with zero attached hydrogens (tertiary/aromatic N) is 1. The van der Waals surface area contributed by atoms with Gasteiger partial charge in [-0.15, -0.1) is 0 Å². The molecule has 0 spiro atoms. The van der Waals surface area contributed by atoms with Crippen molar-refractivity contribution in [3.05, 3.63) is 35.4 Å². The third-order valence-corrected chi connectivity index (χ3v) is 16.1. The minimum Gasteiger partial charge on any atom is -0.481 e. The molecule has 103 heavy (non-hydrogen) atoms. The maximum atomic E-state index is 14.3. The van der Waals surface area contributed by atoms with Crippen LogP contribution in [0.25, 0.3) is 0 Å². The highest BCUT2D eigenvalue weighted by Crippen LogP contribution is 2.19. The number of carboxylic acid groups (broad SMARTS) is 5. The Labute approximate surface area is 595 Å². The number of ether oxygens (including phenoxy) is 1. The summed E-state index contributed by atoms with van der Waals surface area (Å²) in [6.07, 6.45) is -5.13. The van der Waals surface area contributed by atoms with Gasteiger partial charge in [-0.05, 0) is 83.0 Å². The average Bonchev–Trinajstić information content (AvgIpc) is 1.73. The first-order chi connectivity index (χ1) is 48.5. The van der Waals surface area contributed by atoms with Gasteiger partial charge in [0.15, 0.2) is 5.78 Å². The van der Waals surface area contributed by atoms with Crippen molar-refractivity contribution in [2.75, 3.05) is 58.4 Å². The van der Waals surface area contributed by atoms with E-state index in [9.17, 15) is 112 Å². The van der Waals surface area contributed by atoms with Crippen LogP contribution in [0.4, 0.5) is 0 Å². The first kappa shape index (κ1) is 88.7. The number of nitrogens with two attached hydrogens (primary N) is 1. The fourth-order valence-electron chi connectivity index (χ4n) is 9.84. The van der Waals surface area contributed by atoms with Crippen molar-refractivity contribution in [3.63, 3.8) is 0 Å². The Bertz CT molecular complexity index is 3210. The van der Waals surface area contributed by atoms with E-state index in [2.05, 4.69) is 63.8 Å². The molecule has 13 amide bonds. The van der Waals surface area contributed by atoms with Crippen LogP contribution < -0.4 is 69.5 Å². The zero-order valence-corrected chi connectivity index (χ0v) is 58.7. The van der Waals surface area contributed by atoms with Gasteiger partial charge >= 0.3 is 29.8 Å². The highest BCUT2D eigenvalue weighted by atomic mass is 32.2. The van der Waals surface area contributed by atoms with Crippen molar-refractivity contribution in [1.29, 1.82) is 0 Å². The molecule has 0 aliphatic carbocycles. The van der Waals surface area contributed by atoms with E-state index in [1.165, 1.54) is 61.8 Å². The van der Waals surface area contributed by atoms with Gasteiger partial charge in [-0.3, -0.25) is 91.1 Å². The number of rotatable bonds is 49. The topological polar surface area (TPSA) is 608 Å². The molecule has 0 aromatic heterocycles. The second kappa shape index (κ2) is 46.2. The number of hydrogen-bond acceptors (Lipinski definition) is 22. The molecule has 40 heteroatoms. The zero-order chi connectivity index (χ0) is 77.6. The zero-order valence-electron chi connectivity index (χ0n) is 57.8. The number of carboxylic acids is 5.